The van der Waals surface area contributed by atoms with E-state index in [0.717, 1.165) is 11.6 Å². The Kier molecular flexibility index (Phi) is 4.87. The van der Waals surface area contributed by atoms with Crippen molar-refractivity contribution < 1.29 is 4.39 Å². The number of halogens is 2. The van der Waals surface area contributed by atoms with Crippen LogP contribution in [-0.4, -0.2) is 6.04 Å². The Bertz CT molecular complexity index is 386. The van der Waals surface area contributed by atoms with Gasteiger partial charge in [-0.1, -0.05) is 31.4 Å². The number of anilines is 1. The molecule has 1 aliphatic carbocycles. The Labute approximate surface area is 114 Å². The van der Waals surface area contributed by atoms with Crippen LogP contribution in [0.15, 0.2) is 18.2 Å². The maximum absolute atomic E-state index is 13.1. The molecule has 1 aromatic carbocycles. The van der Waals surface area contributed by atoms with E-state index in [2.05, 4.69) is 12.2 Å². The van der Waals surface area contributed by atoms with Gasteiger partial charge in [-0.3, -0.25) is 0 Å². The highest BCUT2D eigenvalue weighted by Crippen LogP contribution is 2.30. The van der Waals surface area contributed by atoms with E-state index in [4.69, 9.17) is 11.6 Å². The lowest BCUT2D eigenvalue weighted by Gasteiger charge is -2.29. The highest BCUT2D eigenvalue weighted by atomic mass is 35.5. The summed E-state index contributed by atoms with van der Waals surface area (Å²) in [6, 6.07) is 5.38. The summed E-state index contributed by atoms with van der Waals surface area (Å²) in [7, 11) is 0. The minimum absolute atomic E-state index is 0.194. The summed E-state index contributed by atoms with van der Waals surface area (Å²) in [4.78, 5) is 0. The molecule has 0 radical (unpaired) electrons. The van der Waals surface area contributed by atoms with Crippen LogP contribution in [0.25, 0.3) is 0 Å². The van der Waals surface area contributed by atoms with E-state index in [0.29, 0.717) is 6.04 Å². The van der Waals surface area contributed by atoms with Crippen LogP contribution in [0.1, 0.15) is 45.4 Å². The summed E-state index contributed by atoms with van der Waals surface area (Å²) in [6.45, 7) is 2.25. The molecule has 1 nitrogen and oxygen atoms in total. The van der Waals surface area contributed by atoms with Crippen molar-refractivity contribution in [2.75, 3.05) is 5.32 Å². The van der Waals surface area contributed by atoms with Gasteiger partial charge in [0.15, 0.2) is 0 Å². The fraction of sp³-hybridized carbons (Fsp3) is 0.600. The van der Waals surface area contributed by atoms with Crippen LogP contribution in [0.3, 0.4) is 0 Å². The standard InChI is InChI=1S/C15H21ClFN/c1-2-3-11-4-6-12(7-5-11)18-13-8-9-15(17)14(16)10-13/h8-12,18H,2-7H2,1H3. The van der Waals surface area contributed by atoms with E-state index in [1.165, 1.54) is 44.6 Å². The molecule has 1 N–H and O–H groups in total. The zero-order valence-corrected chi connectivity index (χ0v) is 11.6. The van der Waals surface area contributed by atoms with Crippen LogP contribution in [0.5, 0.6) is 0 Å². The summed E-state index contributed by atoms with van der Waals surface area (Å²) in [5.41, 5.74) is 0.931. The highest BCUT2D eigenvalue weighted by Gasteiger charge is 2.20. The fourth-order valence-electron chi connectivity index (χ4n) is 2.83. The largest absolute Gasteiger partial charge is 0.382 e. The second kappa shape index (κ2) is 6.42. The third kappa shape index (κ3) is 3.61. The smallest absolute Gasteiger partial charge is 0.141 e. The molecule has 0 amide bonds. The van der Waals surface area contributed by atoms with Crippen LogP contribution in [0, 0.1) is 11.7 Å². The monoisotopic (exact) mass is 269 g/mol. The Morgan fingerprint density at radius 1 is 1.28 bits per heavy atom. The Hall–Kier alpha value is -0.760. The average molecular weight is 270 g/mol. The van der Waals surface area contributed by atoms with E-state index in [9.17, 15) is 4.39 Å². The summed E-state index contributed by atoms with van der Waals surface area (Å²) in [5, 5.41) is 3.65. The van der Waals surface area contributed by atoms with Gasteiger partial charge in [-0.2, -0.15) is 0 Å². The molecule has 1 aliphatic rings. The molecule has 2 rings (SSSR count). The molecule has 100 valence electrons. The maximum atomic E-state index is 13.1. The zero-order chi connectivity index (χ0) is 13.0. The van der Waals surface area contributed by atoms with E-state index >= 15 is 0 Å². The summed E-state index contributed by atoms with van der Waals surface area (Å²) in [5.74, 6) is 0.554. The Morgan fingerprint density at radius 3 is 2.61 bits per heavy atom. The molecule has 18 heavy (non-hydrogen) atoms. The van der Waals surface area contributed by atoms with Crippen LogP contribution in [0.2, 0.25) is 5.02 Å². The second-order valence-corrected chi connectivity index (χ2v) is 5.69. The number of hydrogen-bond acceptors (Lipinski definition) is 1. The average Bonchev–Trinajstić information content (AvgIpc) is 2.37. The van der Waals surface area contributed by atoms with Crippen molar-refractivity contribution in [3.05, 3.63) is 29.0 Å². The molecular weight excluding hydrogens is 249 g/mol. The molecule has 0 aliphatic heterocycles. The van der Waals surface area contributed by atoms with Gasteiger partial charge < -0.3 is 5.32 Å². The lowest BCUT2D eigenvalue weighted by molar-refractivity contribution is 0.319. The lowest BCUT2D eigenvalue weighted by atomic mass is 9.83. The van der Waals surface area contributed by atoms with Crippen molar-refractivity contribution in [3.8, 4) is 0 Å². The summed E-state index contributed by atoms with van der Waals surface area (Å²) in [6.07, 6.45) is 7.67. The van der Waals surface area contributed by atoms with Crippen LogP contribution in [0.4, 0.5) is 10.1 Å². The van der Waals surface area contributed by atoms with Crippen molar-refractivity contribution in [1.29, 1.82) is 0 Å². The van der Waals surface area contributed by atoms with Crippen LogP contribution < -0.4 is 5.32 Å². The lowest BCUT2D eigenvalue weighted by Crippen LogP contribution is -2.26. The van der Waals surface area contributed by atoms with Gasteiger partial charge in [0.05, 0.1) is 5.02 Å². The first kappa shape index (κ1) is 13.7. The predicted octanol–water partition coefficient (Wildman–Crippen LogP) is 5.25. The van der Waals surface area contributed by atoms with Crippen molar-refractivity contribution >= 4 is 17.3 Å². The van der Waals surface area contributed by atoms with Gasteiger partial charge in [0.1, 0.15) is 5.82 Å². The van der Waals surface area contributed by atoms with Crippen LogP contribution >= 0.6 is 11.6 Å². The van der Waals surface area contributed by atoms with E-state index in [-0.39, 0.29) is 10.8 Å². The van der Waals surface area contributed by atoms with Crippen molar-refractivity contribution in [2.24, 2.45) is 5.92 Å². The summed E-state index contributed by atoms with van der Waals surface area (Å²) >= 11 is 5.78. The number of hydrogen-bond donors (Lipinski definition) is 1. The third-order valence-electron chi connectivity index (χ3n) is 3.83. The van der Waals surface area contributed by atoms with Gasteiger partial charge in [-0.05, 0) is 49.8 Å². The molecule has 0 spiro atoms. The van der Waals surface area contributed by atoms with Gasteiger partial charge in [0.2, 0.25) is 0 Å². The molecule has 1 aromatic rings. The third-order valence-corrected chi connectivity index (χ3v) is 4.12. The van der Waals surface area contributed by atoms with Gasteiger partial charge in [0.25, 0.3) is 0 Å². The topological polar surface area (TPSA) is 12.0 Å². The quantitative estimate of drug-likeness (QED) is 0.787. The van der Waals surface area contributed by atoms with Gasteiger partial charge >= 0.3 is 0 Å². The SMILES string of the molecule is CCCC1CCC(Nc2ccc(F)c(Cl)c2)CC1. The minimum Gasteiger partial charge on any atom is -0.382 e. The molecular formula is C15H21ClFN. The second-order valence-electron chi connectivity index (χ2n) is 5.28. The molecule has 0 heterocycles. The first-order valence-corrected chi connectivity index (χ1v) is 7.28. The molecule has 3 heteroatoms. The molecule has 1 fully saturated rings. The number of nitrogens with one attached hydrogen (secondary N) is 1. The van der Waals surface area contributed by atoms with E-state index in [1.54, 1.807) is 12.1 Å². The van der Waals surface area contributed by atoms with Gasteiger partial charge in [-0.15, -0.1) is 0 Å². The number of rotatable bonds is 4. The number of benzene rings is 1. The van der Waals surface area contributed by atoms with E-state index in [1.807, 2.05) is 0 Å². The molecule has 0 bridgehead atoms. The molecule has 0 atom stereocenters. The van der Waals surface area contributed by atoms with Crippen LogP contribution in [-0.2, 0) is 0 Å². The van der Waals surface area contributed by atoms with Crippen molar-refractivity contribution in [3.63, 3.8) is 0 Å². The molecule has 0 saturated heterocycles. The first-order valence-electron chi connectivity index (χ1n) is 6.90. The molecule has 1 saturated carbocycles. The summed E-state index contributed by atoms with van der Waals surface area (Å²) < 4.78 is 13.1. The Balaban J connectivity index is 1.85. The minimum atomic E-state index is -0.353. The first-order chi connectivity index (χ1) is 8.69. The zero-order valence-electron chi connectivity index (χ0n) is 10.9. The maximum Gasteiger partial charge on any atom is 0.141 e. The highest BCUT2D eigenvalue weighted by molar-refractivity contribution is 6.31. The van der Waals surface area contributed by atoms with E-state index < -0.39 is 0 Å². The fourth-order valence-corrected chi connectivity index (χ4v) is 3.01. The molecule has 0 aromatic heterocycles. The van der Waals surface area contributed by atoms with Crippen molar-refractivity contribution in [2.45, 2.75) is 51.5 Å². The van der Waals surface area contributed by atoms with Gasteiger partial charge in [-0.25, -0.2) is 4.39 Å². The predicted molar refractivity (Wildman–Crippen MR) is 75.7 cm³/mol. The molecule has 0 unspecified atom stereocenters. The Morgan fingerprint density at radius 2 is 2.00 bits per heavy atom. The van der Waals surface area contributed by atoms with Gasteiger partial charge in [0, 0.05) is 11.7 Å². The normalized spacial score (nSPS) is 23.9. The van der Waals surface area contributed by atoms with Crippen molar-refractivity contribution in [1.82, 2.24) is 0 Å².